The van der Waals surface area contributed by atoms with Crippen LogP contribution in [0.4, 0.5) is 4.79 Å². The lowest BCUT2D eigenvalue weighted by Gasteiger charge is -2.14. The molecule has 1 saturated heterocycles. The van der Waals surface area contributed by atoms with Crippen LogP contribution in [0.2, 0.25) is 0 Å². The van der Waals surface area contributed by atoms with Gasteiger partial charge in [-0.25, -0.2) is 9.59 Å². The van der Waals surface area contributed by atoms with Gasteiger partial charge in [-0.2, -0.15) is 0 Å². The van der Waals surface area contributed by atoms with Crippen LogP contribution in [-0.4, -0.2) is 48.4 Å². The smallest absolute Gasteiger partial charge is 0.337 e. The quantitative estimate of drug-likeness (QED) is 0.598. The number of urea groups is 1. The van der Waals surface area contributed by atoms with E-state index in [9.17, 15) is 14.4 Å². The van der Waals surface area contributed by atoms with E-state index in [2.05, 4.69) is 4.74 Å². The Morgan fingerprint density at radius 2 is 1.89 bits per heavy atom. The summed E-state index contributed by atoms with van der Waals surface area (Å²) in [6.07, 6.45) is 0. The number of rotatable bonds is 3. The molecule has 0 atom stereocenters. The summed E-state index contributed by atoms with van der Waals surface area (Å²) in [6.45, 7) is 0.435. The van der Waals surface area contributed by atoms with Crippen molar-refractivity contribution in [3.05, 3.63) is 35.4 Å². The second-order valence-corrected chi connectivity index (χ2v) is 4.28. The molecule has 2 rings (SSSR count). The molecular formula is C13H14N2O4. The molecule has 1 aliphatic rings. The van der Waals surface area contributed by atoms with E-state index in [4.69, 9.17) is 0 Å². The molecule has 0 N–H and O–H groups in total. The lowest BCUT2D eigenvalue weighted by Crippen LogP contribution is -2.29. The van der Waals surface area contributed by atoms with E-state index in [0.29, 0.717) is 12.1 Å². The lowest BCUT2D eigenvalue weighted by atomic mass is 10.1. The normalized spacial score (nSPS) is 15.1. The van der Waals surface area contributed by atoms with Crippen LogP contribution in [0.25, 0.3) is 0 Å². The summed E-state index contributed by atoms with van der Waals surface area (Å²) >= 11 is 0. The van der Waals surface area contributed by atoms with Gasteiger partial charge in [-0.15, -0.1) is 0 Å². The van der Waals surface area contributed by atoms with Crippen molar-refractivity contribution in [2.45, 2.75) is 6.54 Å². The van der Waals surface area contributed by atoms with Gasteiger partial charge in [0.05, 0.1) is 12.7 Å². The number of carbonyl (C=O) groups is 3. The molecule has 6 heteroatoms. The van der Waals surface area contributed by atoms with E-state index in [-0.39, 0.29) is 18.5 Å². The number of hydrogen-bond donors (Lipinski definition) is 0. The molecule has 0 aromatic heterocycles. The summed E-state index contributed by atoms with van der Waals surface area (Å²) < 4.78 is 4.60. The number of imide groups is 1. The highest BCUT2D eigenvalue weighted by atomic mass is 16.5. The Labute approximate surface area is 110 Å². The van der Waals surface area contributed by atoms with E-state index in [1.165, 1.54) is 19.1 Å². The van der Waals surface area contributed by atoms with Gasteiger partial charge in [0.2, 0.25) is 5.91 Å². The highest BCUT2D eigenvalue weighted by Crippen LogP contribution is 2.14. The van der Waals surface area contributed by atoms with E-state index in [1.54, 1.807) is 24.3 Å². The molecule has 0 spiro atoms. The van der Waals surface area contributed by atoms with Crippen LogP contribution in [-0.2, 0) is 16.1 Å². The molecule has 1 aliphatic heterocycles. The molecule has 19 heavy (non-hydrogen) atoms. The molecule has 0 bridgehead atoms. The third-order valence-electron chi connectivity index (χ3n) is 3.01. The Balaban J connectivity index is 2.06. The fraction of sp³-hybridized carbons (Fsp3) is 0.308. The van der Waals surface area contributed by atoms with E-state index in [0.717, 1.165) is 10.5 Å². The molecule has 0 unspecified atom stereocenters. The van der Waals surface area contributed by atoms with Crippen LogP contribution < -0.4 is 0 Å². The zero-order chi connectivity index (χ0) is 14.0. The third-order valence-corrected chi connectivity index (χ3v) is 3.01. The Morgan fingerprint density at radius 1 is 1.26 bits per heavy atom. The van der Waals surface area contributed by atoms with Crippen molar-refractivity contribution in [3.8, 4) is 0 Å². The Kier molecular flexibility index (Phi) is 3.50. The number of benzene rings is 1. The summed E-state index contributed by atoms with van der Waals surface area (Å²) in [6, 6.07) is 6.44. The highest BCUT2D eigenvalue weighted by molar-refractivity contribution is 6.01. The monoisotopic (exact) mass is 262 g/mol. The maximum atomic E-state index is 11.7. The van der Waals surface area contributed by atoms with Gasteiger partial charge >= 0.3 is 12.0 Å². The first-order valence-electron chi connectivity index (χ1n) is 5.75. The zero-order valence-electron chi connectivity index (χ0n) is 10.8. The van der Waals surface area contributed by atoms with E-state index >= 15 is 0 Å². The number of hydrogen-bond acceptors (Lipinski definition) is 4. The second kappa shape index (κ2) is 5.09. The van der Waals surface area contributed by atoms with Gasteiger partial charge in [-0.1, -0.05) is 12.1 Å². The van der Waals surface area contributed by atoms with Crippen molar-refractivity contribution in [2.75, 3.05) is 20.7 Å². The van der Waals surface area contributed by atoms with E-state index < -0.39 is 5.97 Å². The van der Waals surface area contributed by atoms with Crippen LogP contribution in [0.5, 0.6) is 0 Å². The van der Waals surface area contributed by atoms with Gasteiger partial charge in [-0.3, -0.25) is 9.69 Å². The fourth-order valence-electron chi connectivity index (χ4n) is 1.86. The number of methoxy groups -OCH3 is 1. The standard InChI is InChI=1S/C13H14N2O4/c1-14-11(16)8-15(13(14)18)7-9-3-5-10(6-4-9)12(17)19-2/h3-6H,7-8H2,1-2H3. The number of nitrogens with zero attached hydrogens (tertiary/aromatic N) is 2. The first-order valence-corrected chi connectivity index (χ1v) is 5.75. The predicted octanol–water partition coefficient (Wildman–Crippen LogP) is 0.867. The van der Waals surface area contributed by atoms with Crippen molar-refractivity contribution in [2.24, 2.45) is 0 Å². The summed E-state index contributed by atoms with van der Waals surface area (Å²) in [5.41, 5.74) is 1.30. The number of amides is 3. The molecule has 1 fully saturated rings. The second-order valence-electron chi connectivity index (χ2n) is 4.28. The molecule has 100 valence electrons. The molecule has 1 aromatic rings. The summed E-state index contributed by atoms with van der Waals surface area (Å²) in [7, 11) is 2.78. The van der Waals surface area contributed by atoms with Crippen molar-refractivity contribution in [1.29, 1.82) is 0 Å². The number of esters is 1. The SMILES string of the molecule is COC(=O)c1ccc(CN2CC(=O)N(C)C2=O)cc1. The maximum absolute atomic E-state index is 11.7. The minimum atomic E-state index is -0.404. The maximum Gasteiger partial charge on any atom is 0.337 e. The van der Waals surface area contributed by atoms with Crippen molar-refractivity contribution in [3.63, 3.8) is 0 Å². The average Bonchev–Trinajstić information content (AvgIpc) is 2.66. The highest BCUT2D eigenvalue weighted by Gasteiger charge is 2.32. The molecule has 1 heterocycles. The van der Waals surface area contributed by atoms with Crippen molar-refractivity contribution in [1.82, 2.24) is 9.80 Å². The van der Waals surface area contributed by atoms with Gasteiger partial charge in [0.1, 0.15) is 6.54 Å². The molecule has 6 nitrogen and oxygen atoms in total. The lowest BCUT2D eigenvalue weighted by molar-refractivity contribution is -0.124. The van der Waals surface area contributed by atoms with Gasteiger partial charge in [0.25, 0.3) is 0 Å². The summed E-state index contributed by atoms with van der Waals surface area (Å²) in [4.78, 5) is 36.9. The van der Waals surface area contributed by atoms with Gasteiger partial charge in [0.15, 0.2) is 0 Å². The topological polar surface area (TPSA) is 66.9 Å². The molecule has 0 saturated carbocycles. The van der Waals surface area contributed by atoms with Gasteiger partial charge < -0.3 is 9.64 Å². The number of carbonyl (C=O) groups excluding carboxylic acids is 3. The summed E-state index contributed by atoms with van der Waals surface area (Å²) in [5.74, 6) is -0.616. The van der Waals surface area contributed by atoms with Crippen LogP contribution in [0.3, 0.4) is 0 Å². The van der Waals surface area contributed by atoms with Crippen LogP contribution in [0.15, 0.2) is 24.3 Å². The summed E-state index contributed by atoms with van der Waals surface area (Å²) in [5, 5.41) is 0. The largest absolute Gasteiger partial charge is 0.465 e. The average molecular weight is 262 g/mol. The van der Waals surface area contributed by atoms with Crippen LogP contribution in [0, 0.1) is 0 Å². The first kappa shape index (κ1) is 13.1. The van der Waals surface area contributed by atoms with Crippen molar-refractivity contribution >= 4 is 17.9 Å². The Morgan fingerprint density at radius 3 is 2.37 bits per heavy atom. The zero-order valence-corrected chi connectivity index (χ0v) is 10.8. The minimum absolute atomic E-state index is 0.0914. The first-order chi connectivity index (χ1) is 9.02. The van der Waals surface area contributed by atoms with Crippen LogP contribution in [0.1, 0.15) is 15.9 Å². The van der Waals surface area contributed by atoms with Gasteiger partial charge in [-0.05, 0) is 17.7 Å². The Bertz CT molecular complexity index is 524. The molecule has 1 aromatic carbocycles. The van der Waals surface area contributed by atoms with Gasteiger partial charge in [0, 0.05) is 13.6 Å². The predicted molar refractivity (Wildman–Crippen MR) is 66.4 cm³/mol. The van der Waals surface area contributed by atoms with Crippen molar-refractivity contribution < 1.29 is 19.1 Å². The fourth-order valence-corrected chi connectivity index (χ4v) is 1.86. The number of ether oxygens (including phenoxy) is 1. The number of likely N-dealkylation sites (N-methyl/N-ethyl adjacent to an activating group) is 1. The molecular weight excluding hydrogens is 248 g/mol. The Hall–Kier alpha value is -2.37. The molecule has 0 radical (unpaired) electrons. The molecule has 0 aliphatic carbocycles. The molecule has 3 amide bonds. The van der Waals surface area contributed by atoms with Crippen LogP contribution >= 0.6 is 0 Å². The van der Waals surface area contributed by atoms with E-state index in [1.807, 2.05) is 0 Å². The third kappa shape index (κ3) is 2.57. The minimum Gasteiger partial charge on any atom is -0.465 e.